The topological polar surface area (TPSA) is 34.1 Å². The molecule has 0 amide bonds. The summed E-state index contributed by atoms with van der Waals surface area (Å²) in [5.74, 6) is 1.06. The maximum atomic E-state index is 12.0. The van der Waals surface area contributed by atoms with E-state index >= 15 is 0 Å². The lowest BCUT2D eigenvalue weighted by Gasteiger charge is -2.19. The summed E-state index contributed by atoms with van der Waals surface area (Å²) in [4.78, 5) is 0.503. The predicted octanol–water partition coefficient (Wildman–Crippen LogP) is 2.82. The van der Waals surface area contributed by atoms with Gasteiger partial charge in [-0.05, 0) is 17.5 Å². The minimum atomic E-state index is -3.08. The average Bonchev–Trinajstić information content (AvgIpc) is 2.54. The van der Waals surface area contributed by atoms with E-state index in [-0.39, 0.29) is 17.6 Å². The summed E-state index contributed by atoms with van der Waals surface area (Å²) in [6, 6.07) is 7.29. The molecule has 2 nitrogen and oxygen atoms in total. The van der Waals surface area contributed by atoms with Gasteiger partial charge < -0.3 is 0 Å². The van der Waals surface area contributed by atoms with E-state index < -0.39 is 9.84 Å². The Kier molecular flexibility index (Phi) is 3.27. The Balaban J connectivity index is 2.48. The third-order valence-corrected chi connectivity index (χ3v) is 5.58. The van der Waals surface area contributed by atoms with Crippen LogP contribution in [-0.2, 0) is 9.84 Å². The van der Waals surface area contributed by atoms with Crippen LogP contribution in [0.4, 0.5) is 0 Å². The summed E-state index contributed by atoms with van der Waals surface area (Å²) in [6.45, 7) is 2.06. The Morgan fingerprint density at radius 2 is 2.12 bits per heavy atom. The quantitative estimate of drug-likeness (QED) is 0.782. The fraction of sp³-hybridized carbons (Fsp3) is 0.500. The Morgan fingerprint density at radius 3 is 2.75 bits per heavy atom. The zero-order valence-electron chi connectivity index (χ0n) is 9.19. The van der Waals surface area contributed by atoms with Crippen molar-refractivity contribution in [3.05, 3.63) is 29.8 Å². The molecule has 0 saturated heterocycles. The molecule has 1 aromatic rings. The van der Waals surface area contributed by atoms with E-state index in [1.807, 2.05) is 12.1 Å². The number of benzene rings is 1. The zero-order valence-corrected chi connectivity index (χ0v) is 10.8. The van der Waals surface area contributed by atoms with Crippen LogP contribution in [0.2, 0.25) is 0 Å². The van der Waals surface area contributed by atoms with Gasteiger partial charge in [0.15, 0.2) is 9.84 Å². The Morgan fingerprint density at radius 1 is 1.44 bits per heavy atom. The number of alkyl halides is 1. The molecule has 0 aliphatic carbocycles. The first-order valence-corrected chi connectivity index (χ1v) is 7.66. The minimum absolute atomic E-state index is 0.0729. The van der Waals surface area contributed by atoms with Crippen LogP contribution in [0, 0.1) is 5.92 Å². The molecular weight excluding hydrogens is 244 g/mol. The van der Waals surface area contributed by atoms with Crippen LogP contribution in [0.3, 0.4) is 0 Å². The van der Waals surface area contributed by atoms with Gasteiger partial charge in [-0.15, -0.1) is 11.6 Å². The lowest BCUT2D eigenvalue weighted by molar-refractivity contribution is 0.481. The molecular formula is C12H15ClO2S. The highest BCUT2D eigenvalue weighted by molar-refractivity contribution is 7.91. The van der Waals surface area contributed by atoms with Gasteiger partial charge in [0.25, 0.3) is 0 Å². The standard InChI is InChI=1S/C12H15ClO2S/c1-2-9(7-13)11-8-16(14,15)12-6-4-3-5-10(11)12/h3-6,9,11H,2,7-8H2,1H3. The second-order valence-corrected chi connectivity index (χ2v) is 6.56. The number of fused-ring (bicyclic) bond motifs is 1. The van der Waals surface area contributed by atoms with Gasteiger partial charge in [-0.2, -0.15) is 0 Å². The van der Waals surface area contributed by atoms with Gasteiger partial charge in [0, 0.05) is 11.8 Å². The highest BCUT2D eigenvalue weighted by Gasteiger charge is 2.37. The van der Waals surface area contributed by atoms with Crippen molar-refractivity contribution in [3.8, 4) is 0 Å². The molecule has 1 heterocycles. The fourth-order valence-electron chi connectivity index (χ4n) is 2.38. The van der Waals surface area contributed by atoms with Crippen molar-refractivity contribution in [1.82, 2.24) is 0 Å². The van der Waals surface area contributed by atoms with Gasteiger partial charge in [-0.1, -0.05) is 31.5 Å². The molecule has 0 saturated carbocycles. The molecule has 1 aromatic carbocycles. The fourth-order valence-corrected chi connectivity index (χ4v) is 4.78. The Labute approximate surface area is 102 Å². The maximum absolute atomic E-state index is 12.0. The molecule has 2 rings (SSSR count). The summed E-state index contributed by atoms with van der Waals surface area (Å²) >= 11 is 5.91. The first-order valence-electron chi connectivity index (χ1n) is 5.47. The van der Waals surface area contributed by atoms with E-state index in [0.717, 1.165) is 12.0 Å². The minimum Gasteiger partial charge on any atom is -0.224 e. The molecule has 0 bridgehead atoms. The van der Waals surface area contributed by atoms with Gasteiger partial charge in [-0.25, -0.2) is 8.42 Å². The lowest BCUT2D eigenvalue weighted by Crippen LogP contribution is -2.15. The van der Waals surface area contributed by atoms with Crippen LogP contribution >= 0.6 is 11.6 Å². The Bertz CT molecular complexity index is 478. The smallest absolute Gasteiger partial charge is 0.179 e. The highest BCUT2D eigenvalue weighted by atomic mass is 35.5. The summed E-state index contributed by atoms with van der Waals surface area (Å²) in [5.41, 5.74) is 0.954. The van der Waals surface area contributed by atoms with E-state index in [0.29, 0.717) is 10.8 Å². The van der Waals surface area contributed by atoms with Crippen molar-refractivity contribution in [2.45, 2.75) is 24.2 Å². The average molecular weight is 259 g/mol. The number of rotatable bonds is 3. The van der Waals surface area contributed by atoms with E-state index in [1.165, 1.54) is 0 Å². The molecule has 0 fully saturated rings. The summed E-state index contributed by atoms with van der Waals surface area (Å²) < 4.78 is 23.9. The van der Waals surface area contributed by atoms with E-state index in [9.17, 15) is 8.42 Å². The lowest BCUT2D eigenvalue weighted by atomic mass is 9.87. The predicted molar refractivity (Wildman–Crippen MR) is 65.7 cm³/mol. The van der Waals surface area contributed by atoms with Crippen molar-refractivity contribution in [2.75, 3.05) is 11.6 Å². The van der Waals surface area contributed by atoms with Crippen LogP contribution in [0.15, 0.2) is 29.2 Å². The second-order valence-electron chi connectivity index (χ2n) is 4.25. The third kappa shape index (κ3) is 1.87. The number of hydrogen-bond acceptors (Lipinski definition) is 2. The molecule has 2 unspecified atom stereocenters. The Hall–Kier alpha value is -0.540. The number of hydrogen-bond donors (Lipinski definition) is 0. The molecule has 1 aliphatic heterocycles. The SMILES string of the molecule is CCC(CCl)C1CS(=O)(=O)c2ccccc21. The summed E-state index contributed by atoms with van der Waals surface area (Å²) in [7, 11) is -3.08. The van der Waals surface area contributed by atoms with Gasteiger partial charge in [-0.3, -0.25) is 0 Å². The normalized spacial score (nSPS) is 24.0. The van der Waals surface area contributed by atoms with Crippen molar-refractivity contribution in [3.63, 3.8) is 0 Å². The van der Waals surface area contributed by atoms with Gasteiger partial charge >= 0.3 is 0 Å². The largest absolute Gasteiger partial charge is 0.224 e. The molecule has 1 aliphatic rings. The van der Waals surface area contributed by atoms with Crippen molar-refractivity contribution < 1.29 is 8.42 Å². The van der Waals surface area contributed by atoms with Crippen LogP contribution < -0.4 is 0 Å². The number of halogens is 1. The van der Waals surface area contributed by atoms with E-state index in [2.05, 4.69) is 6.92 Å². The first kappa shape index (κ1) is 11.9. The molecule has 0 N–H and O–H groups in total. The highest BCUT2D eigenvalue weighted by Crippen LogP contribution is 2.40. The number of sulfone groups is 1. The monoisotopic (exact) mass is 258 g/mol. The van der Waals surface area contributed by atoms with Crippen molar-refractivity contribution in [1.29, 1.82) is 0 Å². The second kappa shape index (κ2) is 4.38. The molecule has 16 heavy (non-hydrogen) atoms. The van der Waals surface area contributed by atoms with E-state index in [4.69, 9.17) is 11.6 Å². The van der Waals surface area contributed by atoms with Gasteiger partial charge in [0.05, 0.1) is 10.6 Å². The molecule has 4 heteroatoms. The van der Waals surface area contributed by atoms with Crippen LogP contribution in [0.25, 0.3) is 0 Å². The maximum Gasteiger partial charge on any atom is 0.179 e. The molecule has 2 atom stereocenters. The summed E-state index contributed by atoms with van der Waals surface area (Å²) in [6.07, 6.45) is 0.915. The van der Waals surface area contributed by atoms with Gasteiger partial charge in [0.2, 0.25) is 0 Å². The molecule has 0 aromatic heterocycles. The first-order chi connectivity index (χ1) is 7.60. The van der Waals surface area contributed by atoms with Gasteiger partial charge in [0.1, 0.15) is 0 Å². The zero-order chi connectivity index (χ0) is 11.8. The van der Waals surface area contributed by atoms with Crippen molar-refractivity contribution in [2.24, 2.45) is 5.92 Å². The molecule has 0 radical (unpaired) electrons. The van der Waals surface area contributed by atoms with Crippen LogP contribution in [0.1, 0.15) is 24.8 Å². The van der Waals surface area contributed by atoms with Crippen LogP contribution in [0.5, 0.6) is 0 Å². The third-order valence-electron chi connectivity index (χ3n) is 3.34. The molecule has 88 valence electrons. The van der Waals surface area contributed by atoms with Crippen LogP contribution in [-0.4, -0.2) is 20.1 Å². The van der Waals surface area contributed by atoms with Crippen molar-refractivity contribution >= 4 is 21.4 Å². The summed E-state index contributed by atoms with van der Waals surface area (Å²) in [5, 5.41) is 0. The molecule has 0 spiro atoms. The van der Waals surface area contributed by atoms with E-state index in [1.54, 1.807) is 12.1 Å².